The molecule has 0 spiro atoms. The van der Waals surface area contributed by atoms with E-state index in [-0.39, 0.29) is 17.3 Å². The summed E-state index contributed by atoms with van der Waals surface area (Å²) in [6.07, 6.45) is 1.90. The van der Waals surface area contributed by atoms with E-state index in [9.17, 15) is 24.2 Å². The fourth-order valence-electron chi connectivity index (χ4n) is 5.50. The van der Waals surface area contributed by atoms with Crippen LogP contribution in [0, 0.1) is 12.7 Å². The van der Waals surface area contributed by atoms with Crippen molar-refractivity contribution in [3.8, 4) is 0 Å². The molecule has 0 radical (unpaired) electrons. The zero-order valence-electron chi connectivity index (χ0n) is 19.6. The summed E-state index contributed by atoms with van der Waals surface area (Å²) in [5, 5.41) is 24.4. The van der Waals surface area contributed by atoms with Crippen molar-refractivity contribution in [2.45, 2.75) is 63.5 Å². The number of benzene rings is 1. The molecular weight excluding hydrogens is 455 g/mol. The van der Waals surface area contributed by atoms with E-state index in [4.69, 9.17) is 4.52 Å². The van der Waals surface area contributed by atoms with Gasteiger partial charge in [0.1, 0.15) is 11.6 Å². The Morgan fingerprint density at radius 3 is 2.77 bits per heavy atom. The fourth-order valence-corrected chi connectivity index (χ4v) is 5.50. The minimum absolute atomic E-state index is 0.133. The van der Waals surface area contributed by atoms with Crippen LogP contribution in [0.4, 0.5) is 4.39 Å². The Bertz CT molecular complexity index is 1310. The van der Waals surface area contributed by atoms with Gasteiger partial charge in [0, 0.05) is 41.7 Å². The number of nitrogens with zero attached hydrogens (tertiary/aromatic N) is 4. The first-order valence-corrected chi connectivity index (χ1v) is 12.1. The van der Waals surface area contributed by atoms with E-state index in [0.717, 1.165) is 43.6 Å². The summed E-state index contributed by atoms with van der Waals surface area (Å²) in [5.41, 5.74) is 2.46. The molecule has 3 aromatic rings. The van der Waals surface area contributed by atoms with Crippen LogP contribution >= 0.6 is 0 Å². The van der Waals surface area contributed by atoms with Gasteiger partial charge in [-0.3, -0.25) is 9.36 Å². The predicted molar refractivity (Wildman–Crippen MR) is 125 cm³/mol. The highest BCUT2D eigenvalue weighted by Crippen LogP contribution is 2.33. The smallest absolute Gasteiger partial charge is 0.333 e. The Balaban J connectivity index is 1.25. The number of likely N-dealkylation sites (tertiary alicyclic amines) is 1. The number of aliphatic hydroxyl groups excluding tert-OH is 1. The molecule has 2 unspecified atom stereocenters. The summed E-state index contributed by atoms with van der Waals surface area (Å²) in [5.74, 6) is -1.70. The van der Waals surface area contributed by atoms with Gasteiger partial charge >= 0.3 is 5.97 Å². The molecule has 2 N–H and O–H groups in total. The van der Waals surface area contributed by atoms with Crippen LogP contribution in [0.5, 0.6) is 0 Å². The quantitative estimate of drug-likeness (QED) is 0.548. The van der Waals surface area contributed by atoms with Gasteiger partial charge in [-0.25, -0.2) is 14.2 Å². The van der Waals surface area contributed by atoms with Crippen LogP contribution in [0.1, 0.15) is 60.3 Å². The van der Waals surface area contributed by atoms with Crippen LogP contribution in [0.2, 0.25) is 0 Å². The van der Waals surface area contributed by atoms with E-state index >= 15 is 0 Å². The second-order valence-electron chi connectivity index (χ2n) is 9.60. The molecule has 1 saturated heterocycles. The molecule has 2 atom stereocenters. The topological polar surface area (TPSA) is 122 Å². The van der Waals surface area contributed by atoms with Crippen LogP contribution in [-0.2, 0) is 17.8 Å². The van der Waals surface area contributed by atoms with Crippen LogP contribution in [0.25, 0.3) is 11.0 Å². The van der Waals surface area contributed by atoms with Crippen LogP contribution in [0.3, 0.4) is 0 Å². The number of carboxylic acids is 1. The summed E-state index contributed by atoms with van der Waals surface area (Å²) in [6, 6.07) is 4.51. The normalized spacial score (nSPS) is 20.1. The number of aromatic nitrogens is 3. The number of halogens is 1. The molecule has 0 aliphatic carbocycles. The lowest BCUT2D eigenvalue weighted by atomic mass is 9.91. The molecule has 1 aromatic carbocycles. The maximum Gasteiger partial charge on any atom is 0.333 e. The average Bonchev–Trinajstić information content (AvgIpc) is 3.26. The van der Waals surface area contributed by atoms with Crippen LogP contribution in [-0.4, -0.2) is 61.5 Å². The van der Waals surface area contributed by atoms with Crippen molar-refractivity contribution in [3.63, 3.8) is 0 Å². The van der Waals surface area contributed by atoms with E-state index in [1.807, 2.05) is 0 Å². The third-order valence-electron chi connectivity index (χ3n) is 7.48. The van der Waals surface area contributed by atoms with Crippen molar-refractivity contribution in [1.82, 2.24) is 19.6 Å². The molecule has 0 bridgehead atoms. The molecule has 10 heteroatoms. The van der Waals surface area contributed by atoms with Gasteiger partial charge in [0.25, 0.3) is 5.56 Å². The number of rotatable bonds is 6. The molecule has 0 saturated carbocycles. The molecule has 2 aromatic heterocycles. The first kappa shape index (κ1) is 23.6. The van der Waals surface area contributed by atoms with Crippen molar-refractivity contribution in [1.29, 1.82) is 0 Å². The largest absolute Gasteiger partial charge is 0.479 e. The highest BCUT2D eigenvalue weighted by molar-refractivity contribution is 5.79. The molecule has 186 valence electrons. The Kier molecular flexibility index (Phi) is 6.41. The summed E-state index contributed by atoms with van der Waals surface area (Å²) in [7, 11) is 0. The lowest BCUT2D eigenvalue weighted by Gasteiger charge is -2.31. The lowest BCUT2D eigenvalue weighted by Crippen LogP contribution is -2.40. The van der Waals surface area contributed by atoms with Gasteiger partial charge in [-0.05, 0) is 64.3 Å². The first-order chi connectivity index (χ1) is 16.8. The Morgan fingerprint density at radius 2 is 2.03 bits per heavy atom. The Labute approximate surface area is 201 Å². The number of aryl methyl sites for hydroxylation is 1. The average molecular weight is 485 g/mol. The van der Waals surface area contributed by atoms with Gasteiger partial charge in [0.15, 0.2) is 11.7 Å². The van der Waals surface area contributed by atoms with Crippen molar-refractivity contribution in [3.05, 3.63) is 57.1 Å². The molecule has 0 amide bonds. The molecule has 35 heavy (non-hydrogen) atoms. The van der Waals surface area contributed by atoms with E-state index in [2.05, 4.69) is 15.0 Å². The number of aliphatic hydroxyl groups is 1. The fraction of sp³-hybridized carbons (Fsp3) is 0.520. The third-order valence-corrected chi connectivity index (χ3v) is 7.48. The van der Waals surface area contributed by atoms with Crippen LogP contribution < -0.4 is 5.56 Å². The highest BCUT2D eigenvalue weighted by Gasteiger charge is 2.34. The second kappa shape index (κ2) is 9.50. The van der Waals surface area contributed by atoms with E-state index in [1.165, 1.54) is 12.1 Å². The van der Waals surface area contributed by atoms with Crippen molar-refractivity contribution >= 4 is 16.9 Å². The lowest BCUT2D eigenvalue weighted by molar-refractivity contribution is -0.148. The second-order valence-corrected chi connectivity index (χ2v) is 9.60. The first-order valence-electron chi connectivity index (χ1n) is 12.1. The summed E-state index contributed by atoms with van der Waals surface area (Å²) < 4.78 is 20.3. The van der Waals surface area contributed by atoms with Crippen molar-refractivity contribution in [2.75, 3.05) is 19.6 Å². The standard InChI is InChI=1S/C25H29FN4O5/c1-14-17(24(32)30-9-2-3-19(23(30)27-14)22(31)25(33)34)8-12-29-10-6-15(7-11-29)21-18-5-4-16(26)13-20(18)35-28-21/h4-5,13,15,19,22,31H,2-3,6-12H2,1H3,(H,33,34). The molecule has 2 aliphatic rings. The maximum atomic E-state index is 13.4. The highest BCUT2D eigenvalue weighted by atomic mass is 19.1. The van der Waals surface area contributed by atoms with Gasteiger partial charge in [-0.15, -0.1) is 0 Å². The van der Waals surface area contributed by atoms with Crippen LogP contribution in [0.15, 0.2) is 27.5 Å². The molecule has 1 fully saturated rings. The van der Waals surface area contributed by atoms with E-state index in [0.29, 0.717) is 48.5 Å². The number of hydrogen-bond donors (Lipinski definition) is 2. The Hall–Kier alpha value is -3.11. The van der Waals surface area contributed by atoms with Gasteiger partial charge in [0.2, 0.25) is 0 Å². The number of aliphatic carboxylic acids is 1. The molecule has 5 rings (SSSR count). The molecule has 4 heterocycles. The van der Waals surface area contributed by atoms with Gasteiger partial charge < -0.3 is 19.6 Å². The maximum absolute atomic E-state index is 13.4. The Morgan fingerprint density at radius 1 is 1.26 bits per heavy atom. The summed E-state index contributed by atoms with van der Waals surface area (Å²) in [4.78, 5) is 31.4. The number of piperidine rings is 1. The molecule has 2 aliphatic heterocycles. The van der Waals surface area contributed by atoms with E-state index in [1.54, 1.807) is 17.6 Å². The zero-order valence-corrected chi connectivity index (χ0v) is 19.6. The number of fused-ring (bicyclic) bond motifs is 2. The van der Waals surface area contributed by atoms with Gasteiger partial charge in [0.05, 0.1) is 11.6 Å². The van der Waals surface area contributed by atoms with Gasteiger partial charge in [-0.1, -0.05) is 5.16 Å². The SMILES string of the molecule is Cc1nc2n(c(=O)c1CCN1CCC(c3noc4cc(F)ccc34)CC1)CCCC2C(O)C(=O)O. The van der Waals surface area contributed by atoms with Gasteiger partial charge in [-0.2, -0.15) is 0 Å². The minimum Gasteiger partial charge on any atom is -0.479 e. The monoisotopic (exact) mass is 484 g/mol. The third kappa shape index (κ3) is 4.48. The van der Waals surface area contributed by atoms with Crippen molar-refractivity contribution in [2.24, 2.45) is 0 Å². The molecular formula is C25H29FN4O5. The van der Waals surface area contributed by atoms with E-state index < -0.39 is 18.0 Å². The summed E-state index contributed by atoms with van der Waals surface area (Å²) in [6.45, 7) is 4.69. The van der Waals surface area contributed by atoms with Crippen molar-refractivity contribution < 1.29 is 23.9 Å². The molecule has 9 nitrogen and oxygen atoms in total. The number of carbonyl (C=O) groups is 1. The number of hydrogen-bond acceptors (Lipinski definition) is 7. The summed E-state index contributed by atoms with van der Waals surface area (Å²) >= 11 is 0. The predicted octanol–water partition coefficient (Wildman–Crippen LogP) is 2.58. The zero-order chi connectivity index (χ0) is 24.7. The number of carboxylic acid groups (broad SMARTS) is 1. The minimum atomic E-state index is -1.57.